The topological polar surface area (TPSA) is 114 Å². The summed E-state index contributed by atoms with van der Waals surface area (Å²) in [7, 11) is 0. The van der Waals surface area contributed by atoms with E-state index in [1.165, 1.54) is 4.90 Å². The molecule has 1 unspecified atom stereocenters. The van der Waals surface area contributed by atoms with Crippen molar-refractivity contribution in [3.05, 3.63) is 29.8 Å². The molecule has 124 valence electrons. The number of primary amides is 1. The second-order valence-corrected chi connectivity index (χ2v) is 5.11. The zero-order chi connectivity index (χ0) is 16.8. The van der Waals surface area contributed by atoms with Crippen molar-refractivity contribution in [2.45, 2.75) is 25.8 Å². The van der Waals surface area contributed by atoms with Crippen LogP contribution < -0.4 is 16.6 Å². The Hall–Kier alpha value is -2.77. The van der Waals surface area contributed by atoms with Crippen LogP contribution in [0.15, 0.2) is 24.3 Å². The number of nitrogens with one attached hydrogen (secondary N) is 2. The third-order valence-electron chi connectivity index (χ3n) is 3.54. The van der Waals surface area contributed by atoms with Crippen molar-refractivity contribution in [1.82, 2.24) is 10.3 Å². The van der Waals surface area contributed by atoms with E-state index in [9.17, 15) is 14.4 Å². The maximum absolute atomic E-state index is 12.1. The van der Waals surface area contributed by atoms with Gasteiger partial charge in [-0.25, -0.2) is 9.59 Å². The van der Waals surface area contributed by atoms with Crippen molar-refractivity contribution in [2.24, 2.45) is 5.73 Å². The van der Waals surface area contributed by atoms with Gasteiger partial charge in [0.25, 0.3) is 5.91 Å². The first-order valence-corrected chi connectivity index (χ1v) is 7.42. The highest BCUT2D eigenvalue weighted by Crippen LogP contribution is 2.17. The zero-order valence-electron chi connectivity index (χ0n) is 12.9. The number of benzene rings is 1. The van der Waals surface area contributed by atoms with Crippen LogP contribution in [0, 0.1) is 0 Å². The number of amides is 3. The number of likely N-dealkylation sites (tertiary alicyclic amines) is 1. The minimum atomic E-state index is -0.605. The van der Waals surface area contributed by atoms with Gasteiger partial charge in [0.2, 0.25) is 0 Å². The van der Waals surface area contributed by atoms with Crippen LogP contribution in [0.1, 0.15) is 30.1 Å². The van der Waals surface area contributed by atoms with Gasteiger partial charge in [0, 0.05) is 6.54 Å². The summed E-state index contributed by atoms with van der Waals surface area (Å²) in [5.41, 5.74) is 11.4. The number of hydrogen-bond donors (Lipinski definition) is 3. The summed E-state index contributed by atoms with van der Waals surface area (Å²) in [6.45, 7) is 2.50. The molecule has 1 atom stereocenters. The largest absolute Gasteiger partial charge is 0.462 e. The van der Waals surface area contributed by atoms with Crippen molar-refractivity contribution in [3.63, 3.8) is 0 Å². The lowest BCUT2D eigenvalue weighted by Crippen LogP contribution is -2.49. The van der Waals surface area contributed by atoms with E-state index in [0.717, 1.165) is 6.42 Å². The SMILES string of the molecule is CCOC(=O)c1cccc(NNC(=O)C2CCCN2C(N)=O)c1. The lowest BCUT2D eigenvalue weighted by Gasteiger charge is -2.22. The number of carbonyl (C=O) groups is 3. The van der Waals surface area contributed by atoms with Gasteiger partial charge in [-0.1, -0.05) is 6.07 Å². The fraction of sp³-hybridized carbons (Fsp3) is 0.400. The maximum atomic E-state index is 12.1. The first-order valence-electron chi connectivity index (χ1n) is 7.42. The summed E-state index contributed by atoms with van der Waals surface area (Å²) < 4.78 is 4.92. The van der Waals surface area contributed by atoms with Crippen molar-refractivity contribution in [2.75, 3.05) is 18.6 Å². The van der Waals surface area contributed by atoms with Gasteiger partial charge in [-0.2, -0.15) is 0 Å². The molecule has 1 saturated heterocycles. The molecule has 8 nitrogen and oxygen atoms in total. The quantitative estimate of drug-likeness (QED) is 0.550. The molecule has 0 radical (unpaired) electrons. The predicted molar refractivity (Wildman–Crippen MR) is 83.5 cm³/mol. The molecule has 2 rings (SSSR count). The number of rotatable bonds is 5. The van der Waals surface area contributed by atoms with E-state index in [2.05, 4.69) is 10.9 Å². The van der Waals surface area contributed by atoms with E-state index in [1.54, 1.807) is 31.2 Å². The number of hydrogen-bond acceptors (Lipinski definition) is 5. The van der Waals surface area contributed by atoms with Gasteiger partial charge < -0.3 is 15.4 Å². The fourth-order valence-electron chi connectivity index (χ4n) is 2.46. The molecule has 1 aromatic rings. The van der Waals surface area contributed by atoms with E-state index < -0.39 is 18.0 Å². The van der Waals surface area contributed by atoms with Crippen LogP contribution in [0.3, 0.4) is 0 Å². The predicted octanol–water partition coefficient (Wildman–Crippen LogP) is 0.849. The van der Waals surface area contributed by atoms with Gasteiger partial charge in [-0.05, 0) is 38.0 Å². The molecule has 1 heterocycles. The highest BCUT2D eigenvalue weighted by atomic mass is 16.5. The Kier molecular flexibility index (Phi) is 5.40. The number of carbonyl (C=O) groups excluding carboxylic acids is 3. The number of urea groups is 1. The van der Waals surface area contributed by atoms with Crippen LogP contribution in [0.5, 0.6) is 0 Å². The molecule has 23 heavy (non-hydrogen) atoms. The normalized spacial score (nSPS) is 16.7. The Bertz CT molecular complexity index is 605. The minimum absolute atomic E-state index is 0.290. The molecule has 0 spiro atoms. The lowest BCUT2D eigenvalue weighted by molar-refractivity contribution is -0.124. The number of anilines is 1. The van der Waals surface area contributed by atoms with Gasteiger partial charge in [-0.15, -0.1) is 0 Å². The Morgan fingerprint density at radius 1 is 1.39 bits per heavy atom. The molecule has 4 N–H and O–H groups in total. The minimum Gasteiger partial charge on any atom is -0.462 e. The van der Waals surface area contributed by atoms with Gasteiger partial charge in [-0.3, -0.25) is 15.6 Å². The van der Waals surface area contributed by atoms with Gasteiger partial charge >= 0.3 is 12.0 Å². The summed E-state index contributed by atoms with van der Waals surface area (Å²) in [5, 5.41) is 0. The molecule has 0 saturated carbocycles. The molecule has 8 heteroatoms. The molecule has 0 aliphatic carbocycles. The molecule has 3 amide bonds. The van der Waals surface area contributed by atoms with Gasteiger partial charge in [0.1, 0.15) is 6.04 Å². The van der Waals surface area contributed by atoms with Crippen LogP contribution in [0.4, 0.5) is 10.5 Å². The number of hydrazine groups is 1. The molecule has 1 aromatic carbocycles. The van der Waals surface area contributed by atoms with Crippen molar-refractivity contribution in [1.29, 1.82) is 0 Å². The van der Waals surface area contributed by atoms with E-state index >= 15 is 0 Å². The van der Waals surface area contributed by atoms with E-state index in [0.29, 0.717) is 24.2 Å². The summed E-state index contributed by atoms with van der Waals surface area (Å²) in [4.78, 5) is 36.4. The van der Waals surface area contributed by atoms with E-state index in [-0.39, 0.29) is 12.5 Å². The average Bonchev–Trinajstić information content (AvgIpc) is 3.03. The first kappa shape index (κ1) is 16.6. The number of nitrogens with zero attached hydrogens (tertiary/aromatic N) is 1. The molecule has 1 fully saturated rings. The van der Waals surface area contributed by atoms with Crippen LogP contribution in [-0.2, 0) is 9.53 Å². The maximum Gasteiger partial charge on any atom is 0.338 e. The Morgan fingerprint density at radius 2 is 2.17 bits per heavy atom. The Morgan fingerprint density at radius 3 is 2.87 bits per heavy atom. The van der Waals surface area contributed by atoms with Crippen molar-refractivity contribution in [3.8, 4) is 0 Å². The second kappa shape index (κ2) is 7.48. The third kappa shape index (κ3) is 4.12. The van der Waals surface area contributed by atoms with Crippen LogP contribution in [0.25, 0.3) is 0 Å². The molecule has 0 bridgehead atoms. The molecular formula is C15H20N4O4. The number of nitrogens with two attached hydrogens (primary N) is 1. The molecule has 0 aromatic heterocycles. The Labute approximate surface area is 133 Å². The molecule has 1 aliphatic rings. The monoisotopic (exact) mass is 320 g/mol. The summed E-state index contributed by atoms with van der Waals surface area (Å²) in [6, 6.07) is 5.38. The number of esters is 1. The summed E-state index contributed by atoms with van der Waals surface area (Å²) >= 11 is 0. The zero-order valence-corrected chi connectivity index (χ0v) is 12.9. The average molecular weight is 320 g/mol. The summed E-state index contributed by atoms with van der Waals surface area (Å²) in [6.07, 6.45) is 1.30. The fourth-order valence-corrected chi connectivity index (χ4v) is 2.46. The molecular weight excluding hydrogens is 300 g/mol. The van der Waals surface area contributed by atoms with Crippen LogP contribution in [-0.4, -0.2) is 42.0 Å². The third-order valence-corrected chi connectivity index (χ3v) is 3.54. The second-order valence-electron chi connectivity index (χ2n) is 5.11. The van der Waals surface area contributed by atoms with Gasteiger partial charge in [0.15, 0.2) is 0 Å². The molecule has 1 aliphatic heterocycles. The van der Waals surface area contributed by atoms with Crippen molar-refractivity contribution < 1.29 is 19.1 Å². The highest BCUT2D eigenvalue weighted by molar-refractivity contribution is 5.91. The standard InChI is InChI=1S/C15H20N4O4/c1-2-23-14(21)10-5-3-6-11(9-10)17-18-13(20)12-7-4-8-19(12)15(16)22/h3,5-6,9,12,17H,2,4,7-8H2,1H3,(H2,16,22)(H,18,20). The Balaban J connectivity index is 1.95. The van der Waals surface area contributed by atoms with Crippen LogP contribution >= 0.6 is 0 Å². The highest BCUT2D eigenvalue weighted by Gasteiger charge is 2.32. The van der Waals surface area contributed by atoms with Crippen LogP contribution in [0.2, 0.25) is 0 Å². The van der Waals surface area contributed by atoms with E-state index in [1.807, 2.05) is 0 Å². The van der Waals surface area contributed by atoms with E-state index in [4.69, 9.17) is 10.5 Å². The number of ether oxygens (including phenoxy) is 1. The lowest BCUT2D eigenvalue weighted by atomic mass is 10.2. The van der Waals surface area contributed by atoms with Gasteiger partial charge in [0.05, 0.1) is 17.9 Å². The summed E-state index contributed by atoms with van der Waals surface area (Å²) in [5.74, 6) is -0.777. The van der Waals surface area contributed by atoms with Crippen molar-refractivity contribution >= 4 is 23.6 Å². The first-order chi connectivity index (χ1) is 11.0. The smallest absolute Gasteiger partial charge is 0.338 e.